The number of anilines is 1. The van der Waals surface area contributed by atoms with Crippen LogP contribution in [0, 0.1) is 0 Å². The highest BCUT2D eigenvalue weighted by Crippen LogP contribution is 2.33. The van der Waals surface area contributed by atoms with Crippen LogP contribution in [0.15, 0.2) is 18.2 Å². The van der Waals surface area contributed by atoms with Crippen LogP contribution < -0.4 is 10.6 Å². The van der Waals surface area contributed by atoms with Gasteiger partial charge >= 0.3 is 0 Å². The molecule has 2 N–H and O–H groups in total. The average molecular weight is 311 g/mol. The van der Waals surface area contributed by atoms with Gasteiger partial charge in [-0.3, -0.25) is 4.79 Å². The molecule has 118 valence electrons. The van der Waals surface area contributed by atoms with E-state index in [4.69, 9.17) is 5.73 Å². The molecule has 4 heteroatoms. The van der Waals surface area contributed by atoms with Gasteiger partial charge in [-0.05, 0) is 42.4 Å². The second-order valence-electron chi connectivity index (χ2n) is 6.90. The van der Waals surface area contributed by atoms with E-state index in [1.54, 1.807) is 0 Å². The Kier molecular flexibility index (Phi) is 5.83. The number of carbonyl (C=O) groups is 1. The molecule has 1 aliphatic heterocycles. The number of carbonyl (C=O) groups excluding carboxylic acids is 1. The summed E-state index contributed by atoms with van der Waals surface area (Å²) in [6.07, 6.45) is 2.26. The summed E-state index contributed by atoms with van der Waals surface area (Å²) in [7, 11) is 0. The number of halogens is 1. The van der Waals surface area contributed by atoms with Crippen LogP contribution in [0.2, 0.25) is 0 Å². The van der Waals surface area contributed by atoms with Crippen molar-refractivity contribution in [3.05, 3.63) is 29.3 Å². The molecule has 1 aliphatic rings. The molecule has 1 atom stereocenters. The van der Waals surface area contributed by atoms with E-state index in [0.29, 0.717) is 6.42 Å². The normalized spacial score (nSPS) is 15.4. The van der Waals surface area contributed by atoms with Gasteiger partial charge < -0.3 is 10.6 Å². The fourth-order valence-electron chi connectivity index (χ4n) is 2.61. The summed E-state index contributed by atoms with van der Waals surface area (Å²) in [5, 5.41) is 0. The van der Waals surface area contributed by atoms with Crippen molar-refractivity contribution in [2.24, 2.45) is 5.73 Å². The predicted molar refractivity (Wildman–Crippen MR) is 91.3 cm³/mol. The molecule has 0 bridgehead atoms. The minimum atomic E-state index is 0. The molecule has 0 saturated heterocycles. The molecule has 3 nitrogen and oxygen atoms in total. The molecule has 1 heterocycles. The smallest absolute Gasteiger partial charge is 0.227 e. The Bertz CT molecular complexity index is 506. The van der Waals surface area contributed by atoms with Crippen molar-refractivity contribution < 1.29 is 4.79 Å². The van der Waals surface area contributed by atoms with Gasteiger partial charge in [-0.1, -0.05) is 32.9 Å². The first-order valence-corrected chi connectivity index (χ1v) is 7.48. The van der Waals surface area contributed by atoms with Crippen LogP contribution in [0.1, 0.15) is 51.7 Å². The van der Waals surface area contributed by atoms with E-state index in [-0.39, 0.29) is 29.8 Å². The maximum absolute atomic E-state index is 12.3. The monoisotopic (exact) mass is 310 g/mol. The molecule has 0 aliphatic carbocycles. The lowest BCUT2D eigenvalue weighted by Gasteiger charge is -2.22. The molecule has 0 spiro atoms. The maximum Gasteiger partial charge on any atom is 0.227 e. The predicted octanol–water partition coefficient (Wildman–Crippen LogP) is 3.42. The van der Waals surface area contributed by atoms with E-state index < -0.39 is 0 Å². The lowest BCUT2D eigenvalue weighted by atomic mass is 9.86. The summed E-state index contributed by atoms with van der Waals surface area (Å²) in [4.78, 5) is 14.2. The van der Waals surface area contributed by atoms with Crippen LogP contribution in [0.25, 0.3) is 0 Å². The Morgan fingerprint density at radius 3 is 2.62 bits per heavy atom. The van der Waals surface area contributed by atoms with E-state index in [0.717, 1.165) is 25.1 Å². The highest BCUT2D eigenvalue weighted by Gasteiger charge is 2.26. The van der Waals surface area contributed by atoms with Crippen molar-refractivity contribution >= 4 is 24.0 Å². The molecule has 0 aromatic heterocycles. The lowest BCUT2D eigenvalue weighted by Crippen LogP contribution is -2.30. The summed E-state index contributed by atoms with van der Waals surface area (Å²) in [5.74, 6) is 0.199. The molecule has 1 unspecified atom stereocenters. The van der Waals surface area contributed by atoms with Gasteiger partial charge in [0.05, 0.1) is 0 Å². The zero-order valence-corrected chi connectivity index (χ0v) is 14.3. The van der Waals surface area contributed by atoms with Gasteiger partial charge in [0.15, 0.2) is 0 Å². The quantitative estimate of drug-likeness (QED) is 0.930. The molecule has 2 rings (SSSR count). The Morgan fingerprint density at radius 2 is 2.05 bits per heavy atom. The molecule has 1 amide bonds. The topological polar surface area (TPSA) is 46.3 Å². The number of nitrogens with zero attached hydrogens (tertiary/aromatic N) is 1. The molecular weight excluding hydrogens is 284 g/mol. The molecule has 0 saturated carbocycles. The number of amides is 1. The Morgan fingerprint density at radius 1 is 1.38 bits per heavy atom. The second-order valence-corrected chi connectivity index (χ2v) is 6.90. The molecular formula is C17H27ClN2O. The van der Waals surface area contributed by atoms with Gasteiger partial charge in [0, 0.05) is 24.7 Å². The SMILES string of the molecule is CC(N)CCC(=O)N1CCc2cc(C(C)(C)C)ccc21.Cl. The highest BCUT2D eigenvalue weighted by atomic mass is 35.5. The summed E-state index contributed by atoms with van der Waals surface area (Å²) in [6, 6.07) is 6.60. The van der Waals surface area contributed by atoms with Crippen molar-refractivity contribution in [3.63, 3.8) is 0 Å². The summed E-state index contributed by atoms with van der Waals surface area (Å²) in [5.41, 5.74) is 9.61. The molecule has 21 heavy (non-hydrogen) atoms. The number of nitrogens with two attached hydrogens (primary N) is 1. The Balaban J connectivity index is 0.00000220. The van der Waals surface area contributed by atoms with E-state index in [1.165, 1.54) is 11.1 Å². The third kappa shape index (κ3) is 4.21. The van der Waals surface area contributed by atoms with Gasteiger partial charge in [0.2, 0.25) is 5.91 Å². The van der Waals surface area contributed by atoms with E-state index >= 15 is 0 Å². The van der Waals surface area contributed by atoms with Crippen molar-refractivity contribution in [3.8, 4) is 0 Å². The third-order valence-electron chi connectivity index (χ3n) is 3.96. The van der Waals surface area contributed by atoms with Crippen molar-refractivity contribution in [2.75, 3.05) is 11.4 Å². The van der Waals surface area contributed by atoms with Crippen molar-refractivity contribution in [1.29, 1.82) is 0 Å². The zero-order valence-electron chi connectivity index (χ0n) is 13.5. The number of hydrogen-bond acceptors (Lipinski definition) is 2. The number of benzene rings is 1. The van der Waals surface area contributed by atoms with Gasteiger partial charge in [-0.2, -0.15) is 0 Å². The summed E-state index contributed by atoms with van der Waals surface area (Å²) < 4.78 is 0. The Hall–Kier alpha value is -1.06. The third-order valence-corrected chi connectivity index (χ3v) is 3.96. The lowest BCUT2D eigenvalue weighted by molar-refractivity contribution is -0.118. The first kappa shape index (κ1) is 18.0. The molecule has 1 aromatic rings. The standard InChI is InChI=1S/C17H26N2O.ClH/c1-12(18)5-8-16(20)19-10-9-13-11-14(17(2,3)4)6-7-15(13)19;/h6-7,11-12H,5,8-10,18H2,1-4H3;1H. The van der Waals surface area contributed by atoms with Crippen LogP contribution in [0.4, 0.5) is 5.69 Å². The first-order chi connectivity index (χ1) is 9.29. The number of rotatable bonds is 3. The van der Waals surface area contributed by atoms with Gasteiger partial charge in [0.25, 0.3) is 0 Å². The van der Waals surface area contributed by atoms with Crippen LogP contribution in [-0.2, 0) is 16.6 Å². The summed E-state index contributed by atoms with van der Waals surface area (Å²) in [6.45, 7) is 9.40. The molecule has 0 radical (unpaired) electrons. The van der Waals surface area contributed by atoms with Crippen molar-refractivity contribution in [2.45, 2.75) is 58.4 Å². The fraction of sp³-hybridized carbons (Fsp3) is 0.588. The van der Waals surface area contributed by atoms with Gasteiger partial charge in [0.1, 0.15) is 0 Å². The van der Waals surface area contributed by atoms with Crippen molar-refractivity contribution in [1.82, 2.24) is 0 Å². The molecule has 1 aromatic carbocycles. The van der Waals surface area contributed by atoms with E-state index in [2.05, 4.69) is 39.0 Å². The zero-order chi connectivity index (χ0) is 14.9. The average Bonchev–Trinajstić information content (AvgIpc) is 2.77. The van der Waals surface area contributed by atoms with Crippen LogP contribution in [0.3, 0.4) is 0 Å². The molecule has 0 fully saturated rings. The van der Waals surface area contributed by atoms with Gasteiger partial charge in [-0.25, -0.2) is 0 Å². The van der Waals surface area contributed by atoms with Crippen LogP contribution in [-0.4, -0.2) is 18.5 Å². The van der Waals surface area contributed by atoms with E-state index in [9.17, 15) is 4.79 Å². The largest absolute Gasteiger partial charge is 0.328 e. The minimum Gasteiger partial charge on any atom is -0.328 e. The maximum atomic E-state index is 12.3. The van der Waals surface area contributed by atoms with Gasteiger partial charge in [-0.15, -0.1) is 12.4 Å². The van der Waals surface area contributed by atoms with E-state index in [1.807, 2.05) is 11.8 Å². The number of hydrogen-bond donors (Lipinski definition) is 1. The Labute approximate surface area is 134 Å². The van der Waals surface area contributed by atoms with Crippen LogP contribution >= 0.6 is 12.4 Å². The second kappa shape index (κ2) is 6.80. The fourth-order valence-corrected chi connectivity index (χ4v) is 2.61. The minimum absolute atomic E-state index is 0. The first-order valence-electron chi connectivity index (χ1n) is 7.48. The summed E-state index contributed by atoms with van der Waals surface area (Å²) >= 11 is 0. The number of fused-ring (bicyclic) bond motifs is 1. The highest BCUT2D eigenvalue weighted by molar-refractivity contribution is 5.95. The van der Waals surface area contributed by atoms with Crippen LogP contribution in [0.5, 0.6) is 0 Å².